The molecule has 0 aliphatic rings. The van der Waals surface area contributed by atoms with Gasteiger partial charge >= 0.3 is 0 Å². The molecule has 0 radical (unpaired) electrons. The van der Waals surface area contributed by atoms with Crippen LogP contribution in [-0.4, -0.2) is 11.3 Å². The molecule has 0 atom stereocenters. The zero-order valence-corrected chi connectivity index (χ0v) is 10.4. The van der Waals surface area contributed by atoms with Crippen molar-refractivity contribution in [2.24, 2.45) is 0 Å². The second-order valence-electron chi connectivity index (χ2n) is 3.54. The maximum atomic E-state index is 10.7. The summed E-state index contributed by atoms with van der Waals surface area (Å²) in [4.78, 5) is 14.9. The monoisotopic (exact) mass is 275 g/mol. The standard InChI is InChI=1S/C13H10BrNO/c1-9-12(6-15-7-13(9)14)11-4-2-3-10(5-11)8-16/h2-8H,1H3. The molecule has 1 heterocycles. The lowest BCUT2D eigenvalue weighted by Gasteiger charge is -2.07. The van der Waals surface area contributed by atoms with E-state index in [0.717, 1.165) is 27.4 Å². The van der Waals surface area contributed by atoms with Crippen LogP contribution in [0.1, 0.15) is 15.9 Å². The van der Waals surface area contributed by atoms with Gasteiger partial charge in [0.2, 0.25) is 0 Å². The number of pyridine rings is 1. The molecular weight excluding hydrogens is 266 g/mol. The van der Waals surface area contributed by atoms with Gasteiger partial charge in [-0.15, -0.1) is 0 Å². The summed E-state index contributed by atoms with van der Waals surface area (Å²) < 4.78 is 0.974. The number of hydrogen-bond donors (Lipinski definition) is 0. The molecule has 16 heavy (non-hydrogen) atoms. The van der Waals surface area contributed by atoms with Crippen LogP contribution in [0.25, 0.3) is 11.1 Å². The van der Waals surface area contributed by atoms with Crippen LogP contribution in [0, 0.1) is 6.92 Å². The Morgan fingerprint density at radius 3 is 2.88 bits per heavy atom. The Kier molecular flexibility index (Phi) is 3.15. The third-order valence-corrected chi connectivity index (χ3v) is 3.29. The van der Waals surface area contributed by atoms with Gasteiger partial charge in [0.1, 0.15) is 6.29 Å². The van der Waals surface area contributed by atoms with Gasteiger partial charge in [0.15, 0.2) is 0 Å². The highest BCUT2D eigenvalue weighted by atomic mass is 79.9. The lowest BCUT2D eigenvalue weighted by molar-refractivity contribution is 0.112. The zero-order chi connectivity index (χ0) is 11.5. The van der Waals surface area contributed by atoms with E-state index in [-0.39, 0.29) is 0 Å². The minimum absolute atomic E-state index is 0.678. The molecule has 3 heteroatoms. The molecule has 1 aromatic carbocycles. The maximum absolute atomic E-state index is 10.7. The van der Waals surface area contributed by atoms with Gasteiger partial charge in [0.05, 0.1) is 0 Å². The van der Waals surface area contributed by atoms with E-state index in [2.05, 4.69) is 20.9 Å². The summed E-state index contributed by atoms with van der Waals surface area (Å²) in [5, 5.41) is 0. The second-order valence-corrected chi connectivity index (χ2v) is 4.39. The van der Waals surface area contributed by atoms with E-state index in [1.54, 1.807) is 12.3 Å². The second kappa shape index (κ2) is 4.58. The van der Waals surface area contributed by atoms with Crippen molar-refractivity contribution in [3.05, 3.63) is 52.3 Å². The number of carbonyl (C=O) groups excluding carboxylic acids is 1. The molecule has 2 nitrogen and oxygen atoms in total. The fourth-order valence-electron chi connectivity index (χ4n) is 1.57. The topological polar surface area (TPSA) is 30.0 Å². The van der Waals surface area contributed by atoms with Gasteiger partial charge < -0.3 is 0 Å². The van der Waals surface area contributed by atoms with Crippen LogP contribution in [0.3, 0.4) is 0 Å². The summed E-state index contributed by atoms with van der Waals surface area (Å²) in [7, 11) is 0. The smallest absolute Gasteiger partial charge is 0.150 e. The molecule has 0 spiro atoms. The van der Waals surface area contributed by atoms with Crippen molar-refractivity contribution >= 4 is 22.2 Å². The summed E-state index contributed by atoms with van der Waals surface area (Å²) in [6.07, 6.45) is 4.43. The van der Waals surface area contributed by atoms with Gasteiger partial charge in [-0.1, -0.05) is 18.2 Å². The molecule has 0 saturated heterocycles. The Hall–Kier alpha value is -1.48. The van der Waals surface area contributed by atoms with Crippen LogP contribution in [0.4, 0.5) is 0 Å². The fraction of sp³-hybridized carbons (Fsp3) is 0.0769. The average Bonchev–Trinajstić information content (AvgIpc) is 2.33. The quantitative estimate of drug-likeness (QED) is 0.784. The molecular formula is C13H10BrNO. The van der Waals surface area contributed by atoms with Crippen molar-refractivity contribution in [2.75, 3.05) is 0 Å². The first-order valence-electron chi connectivity index (χ1n) is 4.88. The Balaban J connectivity index is 2.58. The molecule has 2 aromatic rings. The maximum Gasteiger partial charge on any atom is 0.150 e. The summed E-state index contributed by atoms with van der Waals surface area (Å²) in [5.41, 5.74) is 3.85. The van der Waals surface area contributed by atoms with Gasteiger partial charge in [-0.25, -0.2) is 0 Å². The van der Waals surface area contributed by atoms with E-state index >= 15 is 0 Å². The molecule has 80 valence electrons. The highest BCUT2D eigenvalue weighted by Crippen LogP contribution is 2.27. The van der Waals surface area contributed by atoms with Crippen molar-refractivity contribution < 1.29 is 4.79 Å². The highest BCUT2D eigenvalue weighted by Gasteiger charge is 2.05. The molecule has 0 saturated carbocycles. The molecule has 1 aromatic heterocycles. The highest BCUT2D eigenvalue weighted by molar-refractivity contribution is 9.10. The van der Waals surface area contributed by atoms with E-state index in [1.807, 2.05) is 31.3 Å². The summed E-state index contributed by atoms with van der Waals surface area (Å²) in [5.74, 6) is 0. The van der Waals surface area contributed by atoms with E-state index in [9.17, 15) is 4.79 Å². The van der Waals surface area contributed by atoms with E-state index < -0.39 is 0 Å². The predicted octanol–water partition coefficient (Wildman–Crippen LogP) is 3.63. The van der Waals surface area contributed by atoms with Crippen molar-refractivity contribution in [3.8, 4) is 11.1 Å². The van der Waals surface area contributed by atoms with Gasteiger partial charge in [-0.2, -0.15) is 0 Å². The van der Waals surface area contributed by atoms with E-state index in [1.165, 1.54) is 0 Å². The third kappa shape index (κ3) is 2.04. The van der Waals surface area contributed by atoms with Crippen LogP contribution in [0.2, 0.25) is 0 Å². The Morgan fingerprint density at radius 1 is 1.31 bits per heavy atom. The predicted molar refractivity (Wildman–Crippen MR) is 67.5 cm³/mol. The number of aromatic nitrogens is 1. The van der Waals surface area contributed by atoms with Crippen LogP contribution in [-0.2, 0) is 0 Å². The van der Waals surface area contributed by atoms with E-state index in [4.69, 9.17) is 0 Å². The number of nitrogens with zero attached hydrogens (tertiary/aromatic N) is 1. The van der Waals surface area contributed by atoms with Crippen molar-refractivity contribution in [1.82, 2.24) is 4.98 Å². The molecule has 0 unspecified atom stereocenters. The molecule has 0 fully saturated rings. The normalized spacial score (nSPS) is 10.1. The Labute approximate surface area is 102 Å². The fourth-order valence-corrected chi connectivity index (χ4v) is 1.90. The lowest BCUT2D eigenvalue weighted by Crippen LogP contribution is -1.88. The van der Waals surface area contributed by atoms with Crippen molar-refractivity contribution in [2.45, 2.75) is 6.92 Å². The van der Waals surface area contributed by atoms with Gasteiger partial charge in [-0.05, 0) is 40.0 Å². The number of halogens is 1. The molecule has 2 rings (SSSR count). The molecule has 0 N–H and O–H groups in total. The minimum Gasteiger partial charge on any atom is -0.298 e. The number of rotatable bonds is 2. The Bertz CT molecular complexity index is 537. The molecule has 0 amide bonds. The van der Waals surface area contributed by atoms with Gasteiger partial charge in [0, 0.05) is 28.0 Å². The molecule has 0 aliphatic carbocycles. The van der Waals surface area contributed by atoms with Gasteiger partial charge in [-0.3, -0.25) is 9.78 Å². The van der Waals surface area contributed by atoms with Crippen LogP contribution >= 0.6 is 15.9 Å². The summed E-state index contributed by atoms with van der Waals surface area (Å²) >= 11 is 3.45. The van der Waals surface area contributed by atoms with Crippen LogP contribution < -0.4 is 0 Å². The zero-order valence-electron chi connectivity index (χ0n) is 8.77. The molecule has 0 bridgehead atoms. The van der Waals surface area contributed by atoms with Crippen molar-refractivity contribution in [3.63, 3.8) is 0 Å². The summed E-state index contributed by atoms with van der Waals surface area (Å²) in [6.45, 7) is 2.02. The third-order valence-electron chi connectivity index (χ3n) is 2.49. The largest absolute Gasteiger partial charge is 0.298 e. The minimum atomic E-state index is 0.678. The summed E-state index contributed by atoms with van der Waals surface area (Å²) in [6, 6.07) is 7.50. The number of benzene rings is 1. The number of hydrogen-bond acceptors (Lipinski definition) is 2. The first kappa shape index (κ1) is 11.0. The Morgan fingerprint density at radius 2 is 2.12 bits per heavy atom. The van der Waals surface area contributed by atoms with E-state index in [0.29, 0.717) is 5.56 Å². The lowest BCUT2D eigenvalue weighted by atomic mass is 10.0. The molecule has 0 aliphatic heterocycles. The number of carbonyl (C=O) groups is 1. The van der Waals surface area contributed by atoms with Gasteiger partial charge in [0.25, 0.3) is 0 Å². The first-order valence-corrected chi connectivity index (χ1v) is 5.67. The first-order chi connectivity index (χ1) is 7.72. The SMILES string of the molecule is Cc1c(Br)cncc1-c1cccc(C=O)c1. The average molecular weight is 276 g/mol. The number of aldehydes is 1. The van der Waals surface area contributed by atoms with Crippen molar-refractivity contribution in [1.29, 1.82) is 0 Å². The van der Waals surface area contributed by atoms with Crippen LogP contribution in [0.5, 0.6) is 0 Å². The van der Waals surface area contributed by atoms with Crippen LogP contribution in [0.15, 0.2) is 41.1 Å².